The topological polar surface area (TPSA) is 48.0 Å². The molecule has 0 amide bonds. The van der Waals surface area contributed by atoms with Crippen molar-refractivity contribution in [3.05, 3.63) is 61.2 Å². The number of nitrogens with two attached hydrogens (primary N) is 1. The SMILES string of the molecule is Cc1c(N)cn(Cc2ccc(Cl)c(F)c2)c(=O)c1Br. The summed E-state index contributed by atoms with van der Waals surface area (Å²) in [5.74, 6) is -0.508. The monoisotopic (exact) mass is 344 g/mol. The standard InChI is InChI=1S/C13H11BrClFN2O/c1-7-11(17)6-18(13(19)12(7)14)5-8-2-3-9(15)10(16)4-8/h2-4,6H,5,17H2,1H3. The predicted molar refractivity (Wildman–Crippen MR) is 78.1 cm³/mol. The average Bonchev–Trinajstić information content (AvgIpc) is 2.38. The van der Waals surface area contributed by atoms with Crippen LogP contribution in [0.4, 0.5) is 10.1 Å². The molecule has 0 saturated carbocycles. The normalized spacial score (nSPS) is 10.7. The molecule has 0 saturated heterocycles. The molecule has 0 bridgehead atoms. The van der Waals surface area contributed by atoms with E-state index in [1.54, 1.807) is 19.2 Å². The van der Waals surface area contributed by atoms with Crippen LogP contribution in [0.1, 0.15) is 11.1 Å². The van der Waals surface area contributed by atoms with Gasteiger partial charge in [0, 0.05) is 6.20 Å². The van der Waals surface area contributed by atoms with Gasteiger partial charge in [0.2, 0.25) is 0 Å². The average molecular weight is 346 g/mol. The minimum absolute atomic E-state index is 0.0562. The van der Waals surface area contributed by atoms with Crippen LogP contribution in [0.5, 0.6) is 0 Å². The number of halogens is 3. The third kappa shape index (κ3) is 2.82. The van der Waals surface area contributed by atoms with Crippen molar-refractivity contribution < 1.29 is 4.39 Å². The molecular weight excluding hydrogens is 335 g/mol. The van der Waals surface area contributed by atoms with Gasteiger partial charge in [0.1, 0.15) is 5.82 Å². The molecule has 100 valence electrons. The molecule has 1 heterocycles. The lowest BCUT2D eigenvalue weighted by molar-refractivity contribution is 0.623. The Kier molecular flexibility index (Phi) is 3.96. The Morgan fingerprint density at radius 2 is 2.16 bits per heavy atom. The van der Waals surface area contributed by atoms with Gasteiger partial charge < -0.3 is 10.3 Å². The van der Waals surface area contributed by atoms with Crippen molar-refractivity contribution in [1.29, 1.82) is 0 Å². The minimum Gasteiger partial charge on any atom is -0.397 e. The number of nitrogens with zero attached hydrogens (tertiary/aromatic N) is 1. The Labute approximate surface area is 122 Å². The number of pyridine rings is 1. The van der Waals surface area contributed by atoms with Gasteiger partial charge in [-0.15, -0.1) is 0 Å². The quantitative estimate of drug-likeness (QED) is 0.907. The van der Waals surface area contributed by atoms with Gasteiger partial charge in [0.25, 0.3) is 5.56 Å². The Morgan fingerprint density at radius 1 is 1.47 bits per heavy atom. The van der Waals surface area contributed by atoms with Gasteiger partial charge in [-0.05, 0) is 46.1 Å². The second kappa shape index (κ2) is 5.35. The highest BCUT2D eigenvalue weighted by Crippen LogP contribution is 2.19. The number of nitrogen functional groups attached to an aromatic ring is 1. The molecule has 2 aromatic rings. The lowest BCUT2D eigenvalue weighted by Crippen LogP contribution is -2.22. The van der Waals surface area contributed by atoms with Crippen molar-refractivity contribution in [2.75, 3.05) is 5.73 Å². The van der Waals surface area contributed by atoms with Gasteiger partial charge in [0.15, 0.2) is 0 Å². The van der Waals surface area contributed by atoms with E-state index in [0.29, 0.717) is 21.3 Å². The van der Waals surface area contributed by atoms with Gasteiger partial charge in [-0.1, -0.05) is 17.7 Å². The zero-order valence-electron chi connectivity index (χ0n) is 10.1. The highest BCUT2D eigenvalue weighted by atomic mass is 79.9. The number of benzene rings is 1. The second-order valence-electron chi connectivity index (χ2n) is 4.20. The Balaban J connectivity index is 2.44. The molecule has 2 N–H and O–H groups in total. The molecule has 6 heteroatoms. The molecule has 2 rings (SSSR count). The highest BCUT2D eigenvalue weighted by molar-refractivity contribution is 9.10. The Hall–Kier alpha value is -1.33. The summed E-state index contributed by atoms with van der Waals surface area (Å²) >= 11 is 8.83. The molecule has 0 aliphatic carbocycles. The number of anilines is 1. The van der Waals surface area contributed by atoms with E-state index in [-0.39, 0.29) is 17.1 Å². The lowest BCUT2D eigenvalue weighted by Gasteiger charge is -2.10. The molecule has 0 fully saturated rings. The van der Waals surface area contributed by atoms with Gasteiger partial charge in [-0.25, -0.2) is 4.39 Å². The van der Waals surface area contributed by atoms with E-state index in [1.807, 2.05) is 0 Å². The molecule has 0 spiro atoms. The van der Waals surface area contributed by atoms with Crippen LogP contribution >= 0.6 is 27.5 Å². The number of hydrogen-bond donors (Lipinski definition) is 1. The zero-order valence-corrected chi connectivity index (χ0v) is 12.4. The number of rotatable bonds is 2. The van der Waals surface area contributed by atoms with Crippen LogP contribution < -0.4 is 11.3 Å². The summed E-state index contributed by atoms with van der Waals surface area (Å²) < 4.78 is 15.2. The zero-order chi connectivity index (χ0) is 14.2. The fourth-order valence-electron chi connectivity index (χ4n) is 1.69. The van der Waals surface area contributed by atoms with Crippen molar-refractivity contribution in [1.82, 2.24) is 4.57 Å². The fourth-order valence-corrected chi connectivity index (χ4v) is 2.26. The molecule has 3 nitrogen and oxygen atoms in total. The first-order valence-electron chi connectivity index (χ1n) is 5.49. The largest absolute Gasteiger partial charge is 0.397 e. The summed E-state index contributed by atoms with van der Waals surface area (Å²) in [4.78, 5) is 12.0. The molecule has 19 heavy (non-hydrogen) atoms. The molecular formula is C13H11BrClFN2O. The molecule has 0 aliphatic heterocycles. The third-order valence-electron chi connectivity index (χ3n) is 2.84. The van der Waals surface area contributed by atoms with Crippen LogP contribution in [0.2, 0.25) is 5.02 Å². The first kappa shape index (κ1) is 14.1. The van der Waals surface area contributed by atoms with E-state index in [0.717, 1.165) is 0 Å². The molecule has 1 aromatic carbocycles. The molecule has 0 unspecified atom stereocenters. The van der Waals surface area contributed by atoms with Crippen molar-refractivity contribution >= 4 is 33.2 Å². The Morgan fingerprint density at radius 3 is 2.79 bits per heavy atom. The van der Waals surface area contributed by atoms with E-state index in [9.17, 15) is 9.18 Å². The molecule has 0 aliphatic rings. The fraction of sp³-hybridized carbons (Fsp3) is 0.154. The van der Waals surface area contributed by atoms with Crippen LogP contribution in [0.25, 0.3) is 0 Å². The third-order valence-corrected chi connectivity index (χ3v) is 4.08. The highest BCUT2D eigenvalue weighted by Gasteiger charge is 2.09. The summed E-state index contributed by atoms with van der Waals surface area (Å²) in [6.45, 7) is 1.99. The summed E-state index contributed by atoms with van der Waals surface area (Å²) in [7, 11) is 0. The van der Waals surface area contributed by atoms with Gasteiger partial charge in [-0.3, -0.25) is 4.79 Å². The number of aromatic nitrogens is 1. The lowest BCUT2D eigenvalue weighted by atomic mass is 10.2. The molecule has 0 atom stereocenters. The van der Waals surface area contributed by atoms with Gasteiger partial charge in [0.05, 0.1) is 21.7 Å². The molecule has 0 radical (unpaired) electrons. The van der Waals surface area contributed by atoms with E-state index in [4.69, 9.17) is 17.3 Å². The van der Waals surface area contributed by atoms with Crippen LogP contribution in [-0.4, -0.2) is 4.57 Å². The summed E-state index contributed by atoms with van der Waals surface area (Å²) in [6, 6.07) is 4.43. The summed E-state index contributed by atoms with van der Waals surface area (Å²) in [6.07, 6.45) is 1.55. The number of hydrogen-bond acceptors (Lipinski definition) is 2. The van der Waals surface area contributed by atoms with Crippen LogP contribution in [0.15, 0.2) is 33.7 Å². The maximum atomic E-state index is 13.4. The second-order valence-corrected chi connectivity index (χ2v) is 5.41. The predicted octanol–water partition coefficient (Wildman–Crippen LogP) is 3.34. The maximum Gasteiger partial charge on any atom is 0.265 e. The van der Waals surface area contributed by atoms with E-state index in [2.05, 4.69) is 15.9 Å². The van der Waals surface area contributed by atoms with Crippen molar-refractivity contribution in [3.8, 4) is 0 Å². The first-order valence-corrected chi connectivity index (χ1v) is 6.66. The van der Waals surface area contributed by atoms with E-state index >= 15 is 0 Å². The summed E-state index contributed by atoms with van der Waals surface area (Å²) in [5.41, 5.74) is 7.44. The first-order chi connectivity index (χ1) is 8.90. The van der Waals surface area contributed by atoms with Crippen LogP contribution in [-0.2, 0) is 6.54 Å². The summed E-state index contributed by atoms with van der Waals surface area (Å²) in [5, 5.41) is 0.0562. The van der Waals surface area contributed by atoms with Gasteiger partial charge in [-0.2, -0.15) is 0 Å². The van der Waals surface area contributed by atoms with Crippen LogP contribution in [0, 0.1) is 12.7 Å². The minimum atomic E-state index is -0.508. The van der Waals surface area contributed by atoms with E-state index in [1.165, 1.54) is 16.7 Å². The van der Waals surface area contributed by atoms with Gasteiger partial charge >= 0.3 is 0 Å². The maximum absolute atomic E-state index is 13.4. The van der Waals surface area contributed by atoms with Crippen LogP contribution in [0.3, 0.4) is 0 Å². The Bertz CT molecular complexity index is 700. The van der Waals surface area contributed by atoms with Crippen molar-refractivity contribution in [2.45, 2.75) is 13.5 Å². The molecule has 1 aromatic heterocycles. The van der Waals surface area contributed by atoms with Crippen molar-refractivity contribution in [3.63, 3.8) is 0 Å². The van der Waals surface area contributed by atoms with Crippen molar-refractivity contribution in [2.24, 2.45) is 0 Å². The van der Waals surface area contributed by atoms with E-state index < -0.39 is 5.82 Å². The smallest absolute Gasteiger partial charge is 0.265 e.